The minimum Gasteiger partial charge on any atom is -0.374 e. The maximum Gasteiger partial charge on any atom is 0.408 e. The van der Waals surface area contributed by atoms with E-state index in [2.05, 4.69) is 10.1 Å². The number of rotatable bonds is 4. The maximum absolute atomic E-state index is 13.9. The first-order valence-corrected chi connectivity index (χ1v) is 10.4. The quantitative estimate of drug-likeness (QED) is 0.648. The molecular formula is C20H22F3N5O4. The summed E-state index contributed by atoms with van der Waals surface area (Å²) in [6.45, 7) is 3.38. The number of alkyl halides is 3. The molecule has 0 unspecified atom stereocenters. The van der Waals surface area contributed by atoms with Crippen LogP contribution >= 0.6 is 0 Å². The summed E-state index contributed by atoms with van der Waals surface area (Å²) in [6, 6.07) is -0.548. The molecule has 2 saturated heterocycles. The highest BCUT2D eigenvalue weighted by molar-refractivity contribution is 6.00. The SMILES string of the molecule is Cc1noc(C)c1C(=O)CN1c2nc(N3C[C@@H]4C[C@H]3CO4)cc(=O)n2CC[C@H]1C(F)(F)F. The van der Waals surface area contributed by atoms with Crippen molar-refractivity contribution in [3.05, 3.63) is 33.4 Å². The highest BCUT2D eigenvalue weighted by Gasteiger charge is 2.48. The third-order valence-corrected chi connectivity index (χ3v) is 6.43. The van der Waals surface area contributed by atoms with Crippen LogP contribution in [0.1, 0.15) is 34.7 Å². The molecule has 2 aromatic rings. The van der Waals surface area contributed by atoms with E-state index < -0.39 is 30.1 Å². The highest BCUT2D eigenvalue weighted by atomic mass is 19.4. The fourth-order valence-electron chi connectivity index (χ4n) is 4.92. The monoisotopic (exact) mass is 453 g/mol. The van der Waals surface area contributed by atoms with Gasteiger partial charge in [-0.15, -0.1) is 0 Å². The van der Waals surface area contributed by atoms with Crippen molar-refractivity contribution in [3.8, 4) is 0 Å². The van der Waals surface area contributed by atoms with Crippen molar-refractivity contribution in [2.24, 2.45) is 0 Å². The van der Waals surface area contributed by atoms with Gasteiger partial charge in [-0.25, -0.2) is 0 Å². The zero-order valence-electron chi connectivity index (χ0n) is 17.6. The van der Waals surface area contributed by atoms with Crippen LogP contribution in [-0.4, -0.2) is 64.6 Å². The predicted octanol–water partition coefficient (Wildman–Crippen LogP) is 1.85. The minimum atomic E-state index is -4.60. The molecule has 2 bridgehead atoms. The van der Waals surface area contributed by atoms with Gasteiger partial charge in [-0.3, -0.25) is 14.2 Å². The lowest BCUT2D eigenvalue weighted by molar-refractivity contribution is -0.152. The number of anilines is 2. The Morgan fingerprint density at radius 3 is 2.69 bits per heavy atom. The van der Waals surface area contributed by atoms with Crippen LogP contribution in [0.15, 0.2) is 15.4 Å². The predicted molar refractivity (Wildman–Crippen MR) is 106 cm³/mol. The summed E-state index contributed by atoms with van der Waals surface area (Å²) in [7, 11) is 0. The number of nitrogens with zero attached hydrogens (tertiary/aromatic N) is 5. The highest BCUT2D eigenvalue weighted by Crippen LogP contribution is 2.36. The number of aryl methyl sites for hydroxylation is 2. The summed E-state index contributed by atoms with van der Waals surface area (Å²) in [5, 5.41) is 3.72. The number of ether oxygens (including phenoxy) is 1. The van der Waals surface area contributed by atoms with Gasteiger partial charge >= 0.3 is 6.18 Å². The number of carbonyl (C=O) groups is 1. The Hall–Kier alpha value is -2.89. The van der Waals surface area contributed by atoms with Crippen molar-refractivity contribution in [1.29, 1.82) is 0 Å². The Bertz CT molecular complexity index is 1110. The molecule has 32 heavy (non-hydrogen) atoms. The molecule has 0 saturated carbocycles. The molecule has 12 heteroatoms. The number of carbonyl (C=O) groups excluding carboxylic acids is 1. The normalized spacial score (nSPS) is 24.8. The molecular weight excluding hydrogens is 431 g/mol. The second-order valence-electron chi connectivity index (χ2n) is 8.50. The van der Waals surface area contributed by atoms with Gasteiger partial charge in [0.15, 0.2) is 5.78 Å². The van der Waals surface area contributed by atoms with Crippen LogP contribution in [0.4, 0.5) is 24.9 Å². The molecule has 5 rings (SSSR count). The van der Waals surface area contributed by atoms with Gasteiger partial charge < -0.3 is 19.1 Å². The van der Waals surface area contributed by atoms with Crippen LogP contribution in [-0.2, 0) is 11.3 Å². The average Bonchev–Trinajstić information content (AvgIpc) is 3.43. The molecule has 3 aliphatic rings. The van der Waals surface area contributed by atoms with Crippen LogP contribution in [0.25, 0.3) is 0 Å². The Labute approximate surface area is 180 Å². The molecule has 0 amide bonds. The summed E-state index contributed by atoms with van der Waals surface area (Å²) >= 11 is 0. The van der Waals surface area contributed by atoms with Crippen LogP contribution in [0, 0.1) is 13.8 Å². The van der Waals surface area contributed by atoms with Gasteiger partial charge in [0.2, 0.25) is 5.95 Å². The van der Waals surface area contributed by atoms with Gasteiger partial charge in [0, 0.05) is 19.2 Å². The fourth-order valence-corrected chi connectivity index (χ4v) is 4.92. The van der Waals surface area contributed by atoms with Crippen molar-refractivity contribution in [2.75, 3.05) is 29.5 Å². The van der Waals surface area contributed by atoms with Crippen molar-refractivity contribution >= 4 is 17.5 Å². The number of hydrogen-bond donors (Lipinski definition) is 0. The number of hydrogen-bond acceptors (Lipinski definition) is 8. The van der Waals surface area contributed by atoms with E-state index >= 15 is 0 Å². The molecule has 172 valence electrons. The van der Waals surface area contributed by atoms with Gasteiger partial charge in [-0.1, -0.05) is 5.16 Å². The first-order valence-electron chi connectivity index (χ1n) is 10.4. The number of fused-ring (bicyclic) bond motifs is 3. The van der Waals surface area contributed by atoms with E-state index in [0.29, 0.717) is 24.7 Å². The summed E-state index contributed by atoms with van der Waals surface area (Å²) < 4.78 is 53.6. The summed E-state index contributed by atoms with van der Waals surface area (Å²) in [4.78, 5) is 33.1. The number of Topliss-reactive ketones (excluding diaryl/α,β-unsaturated/α-hetero) is 1. The average molecular weight is 453 g/mol. The Morgan fingerprint density at radius 1 is 1.31 bits per heavy atom. The Kier molecular flexibility index (Phi) is 4.80. The van der Waals surface area contributed by atoms with Crippen LogP contribution in [0.2, 0.25) is 0 Å². The molecule has 3 aliphatic heterocycles. The van der Waals surface area contributed by atoms with Gasteiger partial charge in [-0.2, -0.15) is 18.2 Å². The Morgan fingerprint density at radius 2 is 2.09 bits per heavy atom. The molecule has 5 heterocycles. The van der Waals surface area contributed by atoms with Crippen LogP contribution in [0.3, 0.4) is 0 Å². The second-order valence-corrected chi connectivity index (χ2v) is 8.50. The molecule has 9 nitrogen and oxygen atoms in total. The van der Waals surface area contributed by atoms with Crippen molar-refractivity contribution in [2.45, 2.75) is 57.6 Å². The van der Waals surface area contributed by atoms with Crippen LogP contribution < -0.4 is 15.4 Å². The smallest absolute Gasteiger partial charge is 0.374 e. The van der Waals surface area contributed by atoms with Gasteiger partial charge in [0.05, 0.1) is 36.6 Å². The van der Waals surface area contributed by atoms with E-state index in [-0.39, 0.29) is 42.4 Å². The molecule has 0 spiro atoms. The Balaban J connectivity index is 1.56. The van der Waals surface area contributed by atoms with E-state index in [4.69, 9.17) is 9.26 Å². The molecule has 0 aromatic carbocycles. The number of ketones is 1. The minimum absolute atomic E-state index is 0.0285. The first-order chi connectivity index (χ1) is 15.1. The topological polar surface area (TPSA) is 93.7 Å². The molecule has 0 radical (unpaired) electrons. The summed E-state index contributed by atoms with van der Waals surface area (Å²) in [5.41, 5.74) is 0.0138. The van der Waals surface area contributed by atoms with Crippen molar-refractivity contribution < 1.29 is 27.2 Å². The van der Waals surface area contributed by atoms with Gasteiger partial charge in [0.25, 0.3) is 5.56 Å². The molecule has 2 aromatic heterocycles. The standard InChI is InChI=1S/C20H22F3N5O4/c1-10-18(11(2)32-25-10)14(29)8-28-15(20(21,22)23)3-4-26-17(30)6-16(24-19(26)28)27-7-13-5-12(27)9-31-13/h6,12-13,15H,3-5,7-9H2,1-2H3/t12-,13-,15-/m0/s1. The summed E-state index contributed by atoms with van der Waals surface area (Å²) in [6.07, 6.45) is -4.13. The van der Waals surface area contributed by atoms with E-state index in [9.17, 15) is 22.8 Å². The molecule has 0 N–H and O–H groups in total. The van der Waals surface area contributed by atoms with Gasteiger partial charge in [0.1, 0.15) is 17.6 Å². The molecule has 2 fully saturated rings. The van der Waals surface area contributed by atoms with Crippen molar-refractivity contribution in [1.82, 2.24) is 14.7 Å². The molecule has 0 aliphatic carbocycles. The maximum atomic E-state index is 13.9. The summed E-state index contributed by atoms with van der Waals surface area (Å²) in [5.74, 6) is -0.169. The number of halogens is 3. The fraction of sp³-hybridized carbons (Fsp3) is 0.600. The van der Waals surface area contributed by atoms with E-state index in [1.807, 2.05) is 4.90 Å². The lowest BCUT2D eigenvalue weighted by Crippen LogP contribution is -2.54. The lowest BCUT2D eigenvalue weighted by atomic mass is 10.1. The second kappa shape index (κ2) is 7.32. The number of aromatic nitrogens is 3. The third kappa shape index (κ3) is 3.37. The van der Waals surface area contributed by atoms with Gasteiger partial charge in [-0.05, 0) is 26.7 Å². The lowest BCUT2D eigenvalue weighted by Gasteiger charge is -2.39. The molecule has 3 atom stereocenters. The number of morpholine rings is 1. The third-order valence-electron chi connectivity index (χ3n) is 6.43. The van der Waals surface area contributed by atoms with E-state index in [0.717, 1.165) is 11.3 Å². The van der Waals surface area contributed by atoms with E-state index in [1.165, 1.54) is 17.6 Å². The zero-order valence-corrected chi connectivity index (χ0v) is 17.6. The largest absolute Gasteiger partial charge is 0.408 e. The van der Waals surface area contributed by atoms with Crippen LogP contribution in [0.5, 0.6) is 0 Å². The van der Waals surface area contributed by atoms with E-state index in [1.54, 1.807) is 6.92 Å². The van der Waals surface area contributed by atoms with Crippen molar-refractivity contribution in [3.63, 3.8) is 0 Å². The first kappa shape index (κ1) is 21.0. The zero-order chi connectivity index (χ0) is 22.8.